The van der Waals surface area contributed by atoms with Crippen LogP contribution in [0.25, 0.3) is 22.0 Å². The van der Waals surface area contributed by atoms with Crippen LogP contribution in [0.5, 0.6) is 5.75 Å². The van der Waals surface area contributed by atoms with Crippen molar-refractivity contribution in [2.45, 2.75) is 32.2 Å². The van der Waals surface area contributed by atoms with Crippen LogP contribution in [0.2, 0.25) is 0 Å². The van der Waals surface area contributed by atoms with Gasteiger partial charge in [0.05, 0.1) is 30.6 Å². The van der Waals surface area contributed by atoms with E-state index in [1.165, 1.54) is 12.8 Å². The average Bonchev–Trinajstić information content (AvgIpc) is 3.58. The van der Waals surface area contributed by atoms with E-state index in [1.54, 1.807) is 19.5 Å². The van der Waals surface area contributed by atoms with Gasteiger partial charge in [-0.05, 0) is 49.6 Å². The van der Waals surface area contributed by atoms with Crippen LogP contribution in [0.15, 0.2) is 55.0 Å². The number of aromatic nitrogens is 4. The standard InChI is InChI=1S/C25H25N5O2/c1-16-20(14-19-4-3-5-22(32-2)24(19)28-16)25(31)27-12-13-30-15-21(17-8-10-26-11-9-17)23(29-30)18-6-7-18/h3-5,8-11,14-15,18H,6-7,12-13H2,1-2H3,(H,27,31). The molecule has 1 aliphatic carbocycles. The third kappa shape index (κ3) is 3.93. The number of para-hydroxylation sites is 1. The molecule has 0 saturated heterocycles. The fraction of sp³-hybridized carbons (Fsp3) is 0.280. The number of rotatable bonds is 7. The highest BCUT2D eigenvalue weighted by molar-refractivity contribution is 5.99. The molecule has 162 valence electrons. The number of amides is 1. The van der Waals surface area contributed by atoms with Crippen molar-refractivity contribution in [2.75, 3.05) is 13.7 Å². The van der Waals surface area contributed by atoms with Gasteiger partial charge < -0.3 is 10.1 Å². The maximum absolute atomic E-state index is 12.8. The summed E-state index contributed by atoms with van der Waals surface area (Å²) in [6, 6.07) is 11.6. The Hall–Kier alpha value is -3.74. The molecular weight excluding hydrogens is 402 g/mol. The van der Waals surface area contributed by atoms with E-state index in [-0.39, 0.29) is 5.91 Å². The van der Waals surface area contributed by atoms with Crippen LogP contribution in [-0.4, -0.2) is 39.3 Å². The van der Waals surface area contributed by atoms with Crippen LogP contribution in [0.1, 0.15) is 40.5 Å². The number of benzene rings is 1. The minimum Gasteiger partial charge on any atom is -0.494 e. The molecule has 0 bridgehead atoms. The Morgan fingerprint density at radius 3 is 2.78 bits per heavy atom. The summed E-state index contributed by atoms with van der Waals surface area (Å²) in [5, 5.41) is 8.71. The number of hydrogen-bond acceptors (Lipinski definition) is 5. The lowest BCUT2D eigenvalue weighted by molar-refractivity contribution is 0.0951. The number of fused-ring (bicyclic) bond motifs is 1. The van der Waals surface area contributed by atoms with Crippen LogP contribution < -0.4 is 10.1 Å². The van der Waals surface area contributed by atoms with Crippen LogP contribution in [0.4, 0.5) is 0 Å². The molecule has 1 aromatic carbocycles. The van der Waals surface area contributed by atoms with Crippen molar-refractivity contribution in [3.05, 3.63) is 71.9 Å². The molecule has 32 heavy (non-hydrogen) atoms. The molecule has 7 nitrogen and oxygen atoms in total. The van der Waals surface area contributed by atoms with Crippen molar-refractivity contribution >= 4 is 16.8 Å². The SMILES string of the molecule is COc1cccc2cc(C(=O)NCCn3cc(-c4ccncc4)c(C4CC4)n3)c(C)nc12. The summed E-state index contributed by atoms with van der Waals surface area (Å²) >= 11 is 0. The number of ether oxygens (including phenoxy) is 1. The van der Waals surface area contributed by atoms with E-state index in [4.69, 9.17) is 9.84 Å². The second-order valence-corrected chi connectivity index (χ2v) is 8.11. The normalized spacial score (nSPS) is 13.3. The molecule has 7 heteroatoms. The quantitative estimate of drug-likeness (QED) is 0.480. The number of carbonyl (C=O) groups is 1. The number of hydrogen-bond donors (Lipinski definition) is 1. The summed E-state index contributed by atoms with van der Waals surface area (Å²) in [6.45, 7) is 2.93. The zero-order valence-electron chi connectivity index (χ0n) is 18.2. The van der Waals surface area contributed by atoms with Crippen LogP contribution in [0, 0.1) is 6.92 Å². The number of nitrogens with one attached hydrogen (secondary N) is 1. The Morgan fingerprint density at radius 2 is 2.03 bits per heavy atom. The van der Waals surface area contributed by atoms with E-state index >= 15 is 0 Å². The molecule has 3 heterocycles. The first-order valence-corrected chi connectivity index (χ1v) is 10.8. The van der Waals surface area contributed by atoms with E-state index in [2.05, 4.69) is 21.5 Å². The molecular formula is C25H25N5O2. The van der Waals surface area contributed by atoms with Gasteiger partial charge in [-0.1, -0.05) is 12.1 Å². The number of carbonyl (C=O) groups excluding carboxylic acids is 1. The summed E-state index contributed by atoms with van der Waals surface area (Å²) in [7, 11) is 1.62. The molecule has 1 fully saturated rings. The molecule has 0 radical (unpaired) electrons. The van der Waals surface area contributed by atoms with Crippen LogP contribution >= 0.6 is 0 Å². The van der Waals surface area contributed by atoms with E-state index in [0.29, 0.717) is 36.0 Å². The zero-order valence-corrected chi connectivity index (χ0v) is 18.2. The monoisotopic (exact) mass is 427 g/mol. The summed E-state index contributed by atoms with van der Waals surface area (Å²) in [5.41, 5.74) is 5.44. The lowest BCUT2D eigenvalue weighted by Crippen LogP contribution is -2.28. The molecule has 5 rings (SSSR count). The van der Waals surface area contributed by atoms with Gasteiger partial charge in [0, 0.05) is 42.0 Å². The molecule has 1 amide bonds. The van der Waals surface area contributed by atoms with Gasteiger partial charge >= 0.3 is 0 Å². The molecule has 0 unspecified atom stereocenters. The maximum atomic E-state index is 12.8. The van der Waals surface area contributed by atoms with Crippen molar-refractivity contribution in [2.24, 2.45) is 0 Å². The lowest BCUT2D eigenvalue weighted by Gasteiger charge is -2.10. The highest BCUT2D eigenvalue weighted by Crippen LogP contribution is 2.43. The molecule has 0 aliphatic heterocycles. The van der Waals surface area contributed by atoms with Gasteiger partial charge in [0.2, 0.25) is 0 Å². The number of methoxy groups -OCH3 is 1. The second-order valence-electron chi connectivity index (χ2n) is 8.11. The van der Waals surface area contributed by atoms with Gasteiger partial charge in [-0.3, -0.25) is 14.5 Å². The van der Waals surface area contributed by atoms with Gasteiger partial charge in [-0.25, -0.2) is 4.98 Å². The average molecular weight is 428 g/mol. The lowest BCUT2D eigenvalue weighted by atomic mass is 10.1. The van der Waals surface area contributed by atoms with Crippen molar-refractivity contribution in [1.29, 1.82) is 0 Å². The van der Waals surface area contributed by atoms with Crippen molar-refractivity contribution in [3.8, 4) is 16.9 Å². The Kier molecular flexibility index (Phi) is 5.31. The summed E-state index contributed by atoms with van der Waals surface area (Å²) < 4.78 is 7.32. The maximum Gasteiger partial charge on any atom is 0.253 e. The van der Waals surface area contributed by atoms with Crippen molar-refractivity contribution in [1.82, 2.24) is 25.1 Å². The molecule has 3 aromatic heterocycles. The highest BCUT2D eigenvalue weighted by atomic mass is 16.5. The van der Waals surface area contributed by atoms with Gasteiger partial charge in [-0.15, -0.1) is 0 Å². The molecule has 0 atom stereocenters. The second kappa shape index (κ2) is 8.42. The Labute approximate surface area is 186 Å². The number of pyridine rings is 2. The largest absolute Gasteiger partial charge is 0.494 e. The Bertz CT molecular complexity index is 1280. The first-order chi connectivity index (χ1) is 15.6. The Balaban J connectivity index is 1.30. The molecule has 1 N–H and O–H groups in total. The van der Waals surface area contributed by atoms with Crippen LogP contribution in [0.3, 0.4) is 0 Å². The smallest absolute Gasteiger partial charge is 0.253 e. The number of nitrogens with zero attached hydrogens (tertiary/aromatic N) is 4. The minimum atomic E-state index is -0.136. The van der Waals surface area contributed by atoms with E-state index in [0.717, 1.165) is 27.7 Å². The highest BCUT2D eigenvalue weighted by Gasteiger charge is 2.29. The fourth-order valence-electron chi connectivity index (χ4n) is 4.00. The molecule has 1 saturated carbocycles. The summed E-state index contributed by atoms with van der Waals surface area (Å²) in [5.74, 6) is 1.11. The van der Waals surface area contributed by atoms with E-state index < -0.39 is 0 Å². The molecule has 1 aliphatic rings. The van der Waals surface area contributed by atoms with Gasteiger partial charge in [-0.2, -0.15) is 5.10 Å². The minimum absolute atomic E-state index is 0.136. The first kappa shape index (κ1) is 20.2. The first-order valence-electron chi connectivity index (χ1n) is 10.8. The third-order valence-electron chi connectivity index (χ3n) is 5.84. The predicted octanol–water partition coefficient (Wildman–Crippen LogP) is 4.12. The summed E-state index contributed by atoms with van der Waals surface area (Å²) in [4.78, 5) is 21.6. The third-order valence-corrected chi connectivity index (χ3v) is 5.84. The van der Waals surface area contributed by atoms with Gasteiger partial charge in [0.1, 0.15) is 11.3 Å². The predicted molar refractivity (Wildman–Crippen MR) is 123 cm³/mol. The van der Waals surface area contributed by atoms with Crippen molar-refractivity contribution < 1.29 is 9.53 Å². The number of aryl methyl sites for hydroxylation is 1. The molecule has 0 spiro atoms. The Morgan fingerprint density at radius 1 is 1.22 bits per heavy atom. The molecule has 4 aromatic rings. The summed E-state index contributed by atoms with van der Waals surface area (Å²) in [6.07, 6.45) is 8.05. The van der Waals surface area contributed by atoms with Crippen LogP contribution in [-0.2, 0) is 6.54 Å². The van der Waals surface area contributed by atoms with E-state index in [1.807, 2.05) is 48.0 Å². The van der Waals surface area contributed by atoms with Gasteiger partial charge in [0.15, 0.2) is 0 Å². The van der Waals surface area contributed by atoms with Crippen molar-refractivity contribution in [3.63, 3.8) is 0 Å². The topological polar surface area (TPSA) is 81.9 Å². The zero-order chi connectivity index (χ0) is 22.1. The van der Waals surface area contributed by atoms with E-state index in [9.17, 15) is 4.79 Å². The van der Waals surface area contributed by atoms with Gasteiger partial charge in [0.25, 0.3) is 5.91 Å². The fourth-order valence-corrected chi connectivity index (χ4v) is 4.00.